The summed E-state index contributed by atoms with van der Waals surface area (Å²) < 4.78 is 0. The normalized spacial score (nSPS) is 19.1. The lowest BCUT2D eigenvalue weighted by molar-refractivity contribution is 0.229. The molecule has 0 bridgehead atoms. The summed E-state index contributed by atoms with van der Waals surface area (Å²) in [6.07, 6.45) is 4.92. The van der Waals surface area contributed by atoms with Crippen molar-refractivity contribution < 1.29 is 0 Å². The lowest BCUT2D eigenvalue weighted by Gasteiger charge is -2.28. The molecule has 0 radical (unpaired) electrons. The van der Waals surface area contributed by atoms with Crippen LogP contribution in [0.25, 0.3) is 0 Å². The number of piperazine rings is 1. The molecule has 0 amide bonds. The Hall–Kier alpha value is -0.970. The van der Waals surface area contributed by atoms with Crippen molar-refractivity contribution >= 4 is 0 Å². The number of nitrogens with one attached hydrogen (secondary N) is 2. The van der Waals surface area contributed by atoms with Gasteiger partial charge in [0.05, 0.1) is 0 Å². The fourth-order valence-electron chi connectivity index (χ4n) is 2.31. The molecule has 17 heavy (non-hydrogen) atoms. The zero-order chi connectivity index (χ0) is 11.9. The summed E-state index contributed by atoms with van der Waals surface area (Å²) in [7, 11) is 2.02. The lowest BCUT2D eigenvalue weighted by atomic mass is 10.1. The third-order valence-corrected chi connectivity index (χ3v) is 3.38. The van der Waals surface area contributed by atoms with Crippen LogP contribution in [-0.4, -0.2) is 49.7 Å². The van der Waals surface area contributed by atoms with Gasteiger partial charge in [-0.15, -0.1) is 0 Å². The molecule has 4 heteroatoms. The van der Waals surface area contributed by atoms with E-state index in [1.807, 2.05) is 25.5 Å². The average molecular weight is 234 g/mol. The van der Waals surface area contributed by atoms with Crippen LogP contribution in [0.5, 0.6) is 0 Å². The van der Waals surface area contributed by atoms with Gasteiger partial charge in [0.1, 0.15) is 0 Å². The molecule has 1 unspecified atom stereocenters. The molecule has 2 rings (SSSR count). The highest BCUT2D eigenvalue weighted by molar-refractivity contribution is 5.13. The van der Waals surface area contributed by atoms with Gasteiger partial charge in [0.2, 0.25) is 0 Å². The van der Waals surface area contributed by atoms with E-state index in [-0.39, 0.29) is 0 Å². The van der Waals surface area contributed by atoms with Gasteiger partial charge in [-0.05, 0) is 25.1 Å². The highest BCUT2D eigenvalue weighted by Gasteiger charge is 2.13. The molecule has 2 heterocycles. The van der Waals surface area contributed by atoms with Crippen molar-refractivity contribution in [2.45, 2.75) is 12.5 Å². The smallest absolute Gasteiger partial charge is 0.0345 e. The zero-order valence-electron chi connectivity index (χ0n) is 10.5. The highest BCUT2D eigenvalue weighted by Crippen LogP contribution is 2.15. The van der Waals surface area contributed by atoms with Gasteiger partial charge in [-0.3, -0.25) is 4.98 Å². The molecule has 1 saturated heterocycles. The molecule has 1 atom stereocenters. The van der Waals surface area contributed by atoms with E-state index in [2.05, 4.69) is 26.6 Å². The van der Waals surface area contributed by atoms with Gasteiger partial charge in [0.25, 0.3) is 0 Å². The maximum absolute atomic E-state index is 4.18. The summed E-state index contributed by atoms with van der Waals surface area (Å²) in [5.41, 5.74) is 1.28. The number of hydrogen-bond acceptors (Lipinski definition) is 4. The fourth-order valence-corrected chi connectivity index (χ4v) is 2.31. The summed E-state index contributed by atoms with van der Waals surface area (Å²) in [5.74, 6) is 0. The Labute approximate surface area is 103 Å². The van der Waals surface area contributed by atoms with E-state index in [0.717, 1.165) is 26.1 Å². The van der Waals surface area contributed by atoms with Crippen LogP contribution in [0.4, 0.5) is 0 Å². The highest BCUT2D eigenvalue weighted by atomic mass is 15.2. The van der Waals surface area contributed by atoms with E-state index >= 15 is 0 Å². The third-order valence-electron chi connectivity index (χ3n) is 3.38. The Balaban J connectivity index is 1.83. The van der Waals surface area contributed by atoms with E-state index < -0.39 is 0 Å². The first-order valence-electron chi connectivity index (χ1n) is 6.40. The molecule has 0 aliphatic carbocycles. The standard InChI is InChI=1S/C13H22N4/c1-14-13(12-3-2-5-16-11-12)4-8-17-9-6-15-7-10-17/h2-3,5,11,13-15H,4,6-10H2,1H3. The Bertz CT molecular complexity index is 308. The molecule has 1 aromatic rings. The minimum atomic E-state index is 0.415. The van der Waals surface area contributed by atoms with Gasteiger partial charge >= 0.3 is 0 Å². The van der Waals surface area contributed by atoms with E-state index in [4.69, 9.17) is 0 Å². The fraction of sp³-hybridized carbons (Fsp3) is 0.615. The number of rotatable bonds is 5. The van der Waals surface area contributed by atoms with Gasteiger partial charge in [0.15, 0.2) is 0 Å². The third kappa shape index (κ3) is 3.77. The molecule has 0 saturated carbocycles. The quantitative estimate of drug-likeness (QED) is 0.784. The predicted molar refractivity (Wildman–Crippen MR) is 70.0 cm³/mol. The maximum atomic E-state index is 4.18. The number of pyridine rings is 1. The van der Waals surface area contributed by atoms with Crippen LogP contribution in [-0.2, 0) is 0 Å². The van der Waals surface area contributed by atoms with Gasteiger partial charge in [0, 0.05) is 51.2 Å². The first-order valence-corrected chi connectivity index (χ1v) is 6.40. The monoisotopic (exact) mass is 234 g/mol. The van der Waals surface area contributed by atoms with E-state index in [0.29, 0.717) is 6.04 Å². The van der Waals surface area contributed by atoms with E-state index in [9.17, 15) is 0 Å². The topological polar surface area (TPSA) is 40.2 Å². The van der Waals surface area contributed by atoms with Crippen molar-refractivity contribution in [2.75, 3.05) is 39.8 Å². The zero-order valence-corrected chi connectivity index (χ0v) is 10.5. The first-order chi connectivity index (χ1) is 8.40. The van der Waals surface area contributed by atoms with E-state index in [1.54, 1.807) is 0 Å². The maximum Gasteiger partial charge on any atom is 0.0345 e. The molecular weight excluding hydrogens is 212 g/mol. The van der Waals surface area contributed by atoms with Crippen LogP contribution in [0, 0.1) is 0 Å². The van der Waals surface area contributed by atoms with E-state index in [1.165, 1.54) is 18.7 Å². The van der Waals surface area contributed by atoms with Crippen molar-refractivity contribution in [3.63, 3.8) is 0 Å². The molecule has 2 N–H and O–H groups in total. The molecule has 0 spiro atoms. The largest absolute Gasteiger partial charge is 0.314 e. The minimum absolute atomic E-state index is 0.415. The molecule has 1 fully saturated rings. The molecule has 0 aromatic carbocycles. The van der Waals surface area contributed by atoms with Crippen molar-refractivity contribution in [3.8, 4) is 0 Å². The number of nitrogens with zero attached hydrogens (tertiary/aromatic N) is 2. The summed E-state index contributed by atoms with van der Waals surface area (Å²) in [5, 5.41) is 6.76. The molecular formula is C13H22N4. The second-order valence-electron chi connectivity index (χ2n) is 4.51. The molecule has 1 aromatic heterocycles. The molecule has 94 valence electrons. The summed E-state index contributed by atoms with van der Waals surface area (Å²) in [6.45, 7) is 5.74. The van der Waals surface area contributed by atoms with Crippen LogP contribution in [0.3, 0.4) is 0 Å². The predicted octanol–water partition coefficient (Wildman–Crippen LogP) is 0.637. The molecule has 1 aliphatic rings. The number of aromatic nitrogens is 1. The van der Waals surface area contributed by atoms with Crippen LogP contribution in [0.2, 0.25) is 0 Å². The van der Waals surface area contributed by atoms with Gasteiger partial charge < -0.3 is 15.5 Å². The van der Waals surface area contributed by atoms with Crippen LogP contribution in [0.1, 0.15) is 18.0 Å². The second-order valence-corrected chi connectivity index (χ2v) is 4.51. The van der Waals surface area contributed by atoms with Gasteiger partial charge in [-0.25, -0.2) is 0 Å². The average Bonchev–Trinajstić information content (AvgIpc) is 2.42. The van der Waals surface area contributed by atoms with Crippen molar-refractivity contribution in [1.82, 2.24) is 20.5 Å². The summed E-state index contributed by atoms with van der Waals surface area (Å²) >= 11 is 0. The van der Waals surface area contributed by atoms with Crippen LogP contribution >= 0.6 is 0 Å². The molecule has 1 aliphatic heterocycles. The van der Waals surface area contributed by atoms with Gasteiger partial charge in [-0.1, -0.05) is 6.07 Å². The van der Waals surface area contributed by atoms with Crippen LogP contribution in [0.15, 0.2) is 24.5 Å². The second kappa shape index (κ2) is 6.69. The first kappa shape index (κ1) is 12.5. The van der Waals surface area contributed by atoms with Crippen molar-refractivity contribution in [1.29, 1.82) is 0 Å². The SMILES string of the molecule is CNC(CCN1CCNCC1)c1cccnc1. The van der Waals surface area contributed by atoms with Crippen molar-refractivity contribution in [3.05, 3.63) is 30.1 Å². The van der Waals surface area contributed by atoms with Crippen molar-refractivity contribution in [2.24, 2.45) is 0 Å². The Morgan fingerprint density at radius 3 is 2.94 bits per heavy atom. The van der Waals surface area contributed by atoms with Gasteiger partial charge in [-0.2, -0.15) is 0 Å². The minimum Gasteiger partial charge on any atom is -0.314 e. The van der Waals surface area contributed by atoms with Crippen LogP contribution < -0.4 is 10.6 Å². The Kier molecular flexibility index (Phi) is 4.91. The Morgan fingerprint density at radius 2 is 2.29 bits per heavy atom. The summed E-state index contributed by atoms with van der Waals surface area (Å²) in [6, 6.07) is 4.56. The summed E-state index contributed by atoms with van der Waals surface area (Å²) in [4.78, 5) is 6.71. The molecule has 4 nitrogen and oxygen atoms in total. The Morgan fingerprint density at radius 1 is 1.47 bits per heavy atom. The lowest BCUT2D eigenvalue weighted by Crippen LogP contribution is -2.44. The number of hydrogen-bond donors (Lipinski definition) is 2.